The molecular formula is C12H8ClNO4S. The van der Waals surface area contributed by atoms with Crippen molar-refractivity contribution in [1.82, 2.24) is 0 Å². The van der Waals surface area contributed by atoms with Gasteiger partial charge in [0.1, 0.15) is 11.6 Å². The van der Waals surface area contributed by atoms with E-state index in [0.717, 1.165) is 11.6 Å². The van der Waals surface area contributed by atoms with Gasteiger partial charge in [0.2, 0.25) is 0 Å². The number of benzene rings is 1. The van der Waals surface area contributed by atoms with Crippen molar-refractivity contribution >= 4 is 32.1 Å². The summed E-state index contributed by atoms with van der Waals surface area (Å²) in [4.78, 5) is 11.2. The number of halogens is 1. The Hall–Kier alpha value is -2.10. The summed E-state index contributed by atoms with van der Waals surface area (Å²) in [7, 11) is 0.284. The molecule has 0 spiro atoms. The van der Waals surface area contributed by atoms with E-state index < -0.39 is 20.9 Å². The van der Waals surface area contributed by atoms with Crippen molar-refractivity contribution in [3.8, 4) is 6.07 Å². The lowest BCUT2D eigenvalue weighted by molar-refractivity contribution is -0.129. The second-order valence-electron chi connectivity index (χ2n) is 3.23. The molecule has 0 atom stereocenters. The summed E-state index contributed by atoms with van der Waals surface area (Å²) >= 11 is 0. The summed E-state index contributed by atoms with van der Waals surface area (Å²) in [6.07, 6.45) is 4.20. The monoisotopic (exact) mass is 297 g/mol. The Morgan fingerprint density at radius 2 is 1.95 bits per heavy atom. The van der Waals surface area contributed by atoms with Crippen molar-refractivity contribution in [3.05, 3.63) is 53.6 Å². The molecule has 1 aromatic rings. The maximum atomic E-state index is 11.2. The summed E-state index contributed by atoms with van der Waals surface area (Å²) in [5.41, 5.74) is 0.380. The largest absolute Gasteiger partial charge is 0.404 e. The normalized spacial score (nSPS) is 12.1. The number of rotatable bonds is 4. The average molecular weight is 298 g/mol. The van der Waals surface area contributed by atoms with Crippen LogP contribution in [0, 0.1) is 11.3 Å². The van der Waals surface area contributed by atoms with Gasteiger partial charge in [0.05, 0.1) is 10.7 Å². The van der Waals surface area contributed by atoms with Crippen LogP contribution in [0.1, 0.15) is 5.56 Å². The fourth-order valence-corrected chi connectivity index (χ4v) is 1.55. The number of hydrogen-bond acceptors (Lipinski definition) is 5. The van der Waals surface area contributed by atoms with E-state index in [1.165, 1.54) is 12.1 Å². The van der Waals surface area contributed by atoms with Gasteiger partial charge in [0.15, 0.2) is 0 Å². The van der Waals surface area contributed by atoms with E-state index in [0.29, 0.717) is 0 Å². The van der Waals surface area contributed by atoms with Crippen LogP contribution in [0.4, 0.5) is 0 Å². The quantitative estimate of drug-likeness (QED) is 0.368. The van der Waals surface area contributed by atoms with E-state index in [4.69, 9.17) is 15.9 Å². The molecule has 0 saturated carbocycles. The Morgan fingerprint density at radius 3 is 2.47 bits per heavy atom. The van der Waals surface area contributed by atoms with Crippen LogP contribution in [0.2, 0.25) is 0 Å². The number of hydrogen-bond donors (Lipinski definition) is 0. The van der Waals surface area contributed by atoms with E-state index in [9.17, 15) is 13.2 Å². The fourth-order valence-electron chi connectivity index (χ4n) is 1.11. The summed E-state index contributed by atoms with van der Waals surface area (Å²) in [5.74, 6) is -1.32. The minimum atomic E-state index is -4.45. The van der Waals surface area contributed by atoms with Gasteiger partial charge < -0.3 is 4.18 Å². The molecule has 98 valence electrons. The minimum Gasteiger partial charge on any atom is -0.329 e. The number of carbonyl (C=O) groups is 1. The Morgan fingerprint density at radius 1 is 1.32 bits per heavy atom. The molecule has 7 heteroatoms. The molecule has 0 aliphatic rings. The zero-order valence-corrected chi connectivity index (χ0v) is 11.1. The van der Waals surface area contributed by atoms with Crippen LogP contribution in [0.3, 0.4) is 0 Å². The van der Waals surface area contributed by atoms with Crippen LogP contribution in [-0.4, -0.2) is 14.4 Å². The molecule has 0 N–H and O–H groups in total. The highest BCUT2D eigenvalue weighted by atomic mass is 35.7. The van der Waals surface area contributed by atoms with E-state index in [1.807, 2.05) is 30.3 Å². The standard InChI is InChI=1S/C12H8ClNO4S/c13-19(16,17)18-12(15)11(9-14)8-4-7-10-5-2-1-3-6-10/h1-8H. The lowest BCUT2D eigenvalue weighted by Crippen LogP contribution is -2.09. The van der Waals surface area contributed by atoms with Crippen LogP contribution in [0.25, 0.3) is 6.08 Å². The first-order chi connectivity index (χ1) is 8.92. The first-order valence-electron chi connectivity index (χ1n) is 4.94. The molecule has 0 saturated heterocycles. The van der Waals surface area contributed by atoms with Crippen LogP contribution in [-0.2, 0) is 18.3 Å². The van der Waals surface area contributed by atoms with Crippen molar-refractivity contribution < 1.29 is 17.4 Å². The molecule has 0 unspecified atom stereocenters. The zero-order chi connectivity index (χ0) is 14.3. The molecule has 0 fully saturated rings. The highest BCUT2D eigenvalue weighted by molar-refractivity contribution is 8.10. The van der Waals surface area contributed by atoms with Gasteiger partial charge in [-0.2, -0.15) is 13.7 Å². The molecule has 1 aromatic carbocycles. The first kappa shape index (κ1) is 15.0. The Kier molecular flexibility index (Phi) is 5.30. The van der Waals surface area contributed by atoms with Gasteiger partial charge in [-0.25, -0.2) is 4.79 Å². The molecule has 0 aliphatic heterocycles. The van der Waals surface area contributed by atoms with Gasteiger partial charge in [-0.15, -0.1) is 0 Å². The van der Waals surface area contributed by atoms with Crippen LogP contribution in [0.15, 0.2) is 48.1 Å². The van der Waals surface area contributed by atoms with Crippen molar-refractivity contribution in [2.45, 2.75) is 0 Å². The predicted octanol–water partition coefficient (Wildman–Crippen LogP) is 2.18. The average Bonchev–Trinajstić information content (AvgIpc) is 2.33. The van der Waals surface area contributed by atoms with Crippen molar-refractivity contribution in [2.75, 3.05) is 0 Å². The topological polar surface area (TPSA) is 84.2 Å². The van der Waals surface area contributed by atoms with Crippen molar-refractivity contribution in [3.63, 3.8) is 0 Å². The zero-order valence-electron chi connectivity index (χ0n) is 9.49. The van der Waals surface area contributed by atoms with Crippen molar-refractivity contribution in [2.24, 2.45) is 0 Å². The molecule has 5 nitrogen and oxygen atoms in total. The second-order valence-corrected chi connectivity index (χ2v) is 5.31. The third-order valence-electron chi connectivity index (χ3n) is 1.87. The number of carbonyl (C=O) groups excluding carboxylic acids is 1. The van der Waals surface area contributed by atoms with Gasteiger partial charge in [-0.1, -0.05) is 42.5 Å². The third-order valence-corrected chi connectivity index (χ3v) is 2.41. The summed E-state index contributed by atoms with van der Waals surface area (Å²) in [5, 5.41) is 8.70. The van der Waals surface area contributed by atoms with Gasteiger partial charge in [-0.05, 0) is 11.6 Å². The number of allylic oxidation sites excluding steroid dienone is 2. The van der Waals surface area contributed by atoms with E-state index in [2.05, 4.69) is 4.18 Å². The summed E-state index contributed by atoms with van der Waals surface area (Å²) in [6.45, 7) is 0. The smallest absolute Gasteiger partial charge is 0.329 e. The fraction of sp³-hybridized carbons (Fsp3) is 0. The number of nitriles is 1. The van der Waals surface area contributed by atoms with Crippen molar-refractivity contribution in [1.29, 1.82) is 5.26 Å². The highest BCUT2D eigenvalue weighted by Gasteiger charge is 2.17. The predicted molar refractivity (Wildman–Crippen MR) is 70.0 cm³/mol. The van der Waals surface area contributed by atoms with E-state index >= 15 is 0 Å². The van der Waals surface area contributed by atoms with Crippen LogP contribution in [0.5, 0.6) is 0 Å². The molecule has 0 heterocycles. The molecule has 0 bridgehead atoms. The number of nitrogens with zero attached hydrogens (tertiary/aromatic N) is 1. The van der Waals surface area contributed by atoms with E-state index in [1.54, 1.807) is 6.08 Å². The molecule has 0 aliphatic carbocycles. The van der Waals surface area contributed by atoms with E-state index in [-0.39, 0.29) is 0 Å². The Bertz CT molecular complexity index is 657. The molecule has 1 rings (SSSR count). The third kappa shape index (κ3) is 5.86. The van der Waals surface area contributed by atoms with Crippen LogP contribution >= 0.6 is 10.7 Å². The maximum absolute atomic E-state index is 11.2. The van der Waals surface area contributed by atoms with Gasteiger partial charge in [0.25, 0.3) is 0 Å². The summed E-state index contributed by atoms with van der Waals surface area (Å²) in [6, 6.07) is 10.6. The Labute approximate surface area is 115 Å². The lowest BCUT2D eigenvalue weighted by Gasteiger charge is -1.96. The SMILES string of the molecule is N#CC(=CC=Cc1ccccc1)C(=O)OS(=O)(=O)Cl. The lowest BCUT2D eigenvalue weighted by atomic mass is 10.2. The second kappa shape index (κ2) is 6.73. The summed E-state index contributed by atoms with van der Waals surface area (Å²) < 4.78 is 24.9. The van der Waals surface area contributed by atoms with Gasteiger partial charge in [0, 0.05) is 0 Å². The molecule has 19 heavy (non-hydrogen) atoms. The molecular weight excluding hydrogens is 290 g/mol. The highest BCUT2D eigenvalue weighted by Crippen LogP contribution is 2.07. The minimum absolute atomic E-state index is 0.476. The first-order valence-corrected chi connectivity index (χ1v) is 7.18. The van der Waals surface area contributed by atoms with Crippen LogP contribution < -0.4 is 0 Å². The molecule has 0 radical (unpaired) electrons. The maximum Gasteiger partial charge on any atom is 0.404 e. The molecule has 0 aromatic heterocycles. The Balaban J connectivity index is 2.82. The molecule has 0 amide bonds. The van der Waals surface area contributed by atoms with Gasteiger partial charge >= 0.3 is 15.3 Å². The van der Waals surface area contributed by atoms with Gasteiger partial charge in [-0.3, -0.25) is 0 Å².